The van der Waals surface area contributed by atoms with Gasteiger partial charge in [0, 0.05) is 12.5 Å². The van der Waals surface area contributed by atoms with Gasteiger partial charge in [-0.15, -0.1) is 12.4 Å². The Bertz CT molecular complexity index is 265. The molecule has 1 fully saturated rings. The molecule has 4 N–H and O–H groups in total. The number of nitrogens with two attached hydrogens (primary N) is 1. The Morgan fingerprint density at radius 3 is 2.64 bits per heavy atom. The van der Waals surface area contributed by atoms with Crippen molar-refractivity contribution in [2.24, 2.45) is 11.7 Å². The Kier molecular flexibility index (Phi) is 4.35. The van der Waals surface area contributed by atoms with Crippen LogP contribution >= 0.6 is 12.4 Å². The van der Waals surface area contributed by atoms with Gasteiger partial charge in [0.05, 0.1) is 6.04 Å². The smallest absolute Gasteiger partial charge is 0.0515 e. The first-order valence-electron chi connectivity index (χ1n) is 4.65. The lowest BCUT2D eigenvalue weighted by Gasteiger charge is -2.16. The second-order valence-electron chi connectivity index (χ2n) is 3.41. The standard InChI is InChI=1S/C10H15N3.ClH/c11-6-9-7-12-13-10(9)8-4-2-1-3-5-8;/h1-5,9-10,12-13H,6-7,11H2;1H. The Balaban J connectivity index is 0.000000980. The van der Waals surface area contributed by atoms with Gasteiger partial charge in [0.2, 0.25) is 0 Å². The van der Waals surface area contributed by atoms with Gasteiger partial charge in [0.15, 0.2) is 0 Å². The van der Waals surface area contributed by atoms with Crippen molar-refractivity contribution in [3.05, 3.63) is 35.9 Å². The first kappa shape index (κ1) is 11.5. The van der Waals surface area contributed by atoms with Crippen LogP contribution in [0.4, 0.5) is 0 Å². The highest BCUT2D eigenvalue weighted by molar-refractivity contribution is 5.85. The number of halogens is 1. The summed E-state index contributed by atoms with van der Waals surface area (Å²) in [6.07, 6.45) is 0. The van der Waals surface area contributed by atoms with Crippen LogP contribution in [-0.2, 0) is 0 Å². The van der Waals surface area contributed by atoms with E-state index >= 15 is 0 Å². The van der Waals surface area contributed by atoms with Crippen LogP contribution in [0.25, 0.3) is 0 Å². The number of hydrogen-bond donors (Lipinski definition) is 3. The summed E-state index contributed by atoms with van der Waals surface area (Å²) in [6.45, 7) is 1.68. The summed E-state index contributed by atoms with van der Waals surface area (Å²) < 4.78 is 0. The van der Waals surface area contributed by atoms with Crippen molar-refractivity contribution in [2.75, 3.05) is 13.1 Å². The van der Waals surface area contributed by atoms with Crippen molar-refractivity contribution in [1.29, 1.82) is 0 Å². The van der Waals surface area contributed by atoms with Gasteiger partial charge in [-0.2, -0.15) is 0 Å². The molecule has 0 saturated carbocycles. The molecule has 0 amide bonds. The maximum atomic E-state index is 5.68. The van der Waals surface area contributed by atoms with Crippen molar-refractivity contribution in [3.8, 4) is 0 Å². The normalized spacial score (nSPS) is 25.8. The molecule has 1 aliphatic rings. The SMILES string of the molecule is Cl.NCC1CNNC1c1ccccc1. The van der Waals surface area contributed by atoms with Crippen LogP contribution in [0.15, 0.2) is 30.3 Å². The van der Waals surface area contributed by atoms with Crippen LogP contribution in [0.2, 0.25) is 0 Å². The molecule has 0 aromatic heterocycles. The molecule has 3 nitrogen and oxygen atoms in total. The van der Waals surface area contributed by atoms with Gasteiger partial charge in [-0.3, -0.25) is 5.43 Å². The zero-order valence-corrected chi connectivity index (χ0v) is 8.76. The summed E-state index contributed by atoms with van der Waals surface area (Å²) in [4.78, 5) is 0. The van der Waals surface area contributed by atoms with Crippen molar-refractivity contribution in [1.82, 2.24) is 10.9 Å². The van der Waals surface area contributed by atoms with Gasteiger partial charge in [-0.05, 0) is 12.1 Å². The van der Waals surface area contributed by atoms with Crippen molar-refractivity contribution in [2.45, 2.75) is 6.04 Å². The molecule has 0 aliphatic carbocycles. The van der Waals surface area contributed by atoms with E-state index in [0.717, 1.165) is 13.1 Å². The molecule has 14 heavy (non-hydrogen) atoms. The Morgan fingerprint density at radius 2 is 2.00 bits per heavy atom. The molecule has 1 aromatic rings. The first-order valence-corrected chi connectivity index (χ1v) is 4.65. The highest BCUT2D eigenvalue weighted by Crippen LogP contribution is 2.23. The number of nitrogens with one attached hydrogen (secondary N) is 2. The molecule has 0 radical (unpaired) electrons. The summed E-state index contributed by atoms with van der Waals surface area (Å²) in [6, 6.07) is 10.8. The van der Waals surface area contributed by atoms with Gasteiger partial charge in [-0.25, -0.2) is 5.43 Å². The van der Waals surface area contributed by atoms with Crippen molar-refractivity contribution >= 4 is 12.4 Å². The van der Waals surface area contributed by atoms with Crippen LogP contribution in [-0.4, -0.2) is 13.1 Å². The summed E-state index contributed by atoms with van der Waals surface area (Å²) in [7, 11) is 0. The molecule has 2 unspecified atom stereocenters. The number of benzene rings is 1. The van der Waals surface area contributed by atoms with E-state index in [1.807, 2.05) is 6.07 Å². The fourth-order valence-corrected chi connectivity index (χ4v) is 1.77. The largest absolute Gasteiger partial charge is 0.330 e. The van der Waals surface area contributed by atoms with Gasteiger partial charge in [0.25, 0.3) is 0 Å². The zero-order chi connectivity index (χ0) is 9.10. The van der Waals surface area contributed by atoms with Gasteiger partial charge >= 0.3 is 0 Å². The maximum absolute atomic E-state index is 5.68. The fourth-order valence-electron chi connectivity index (χ4n) is 1.77. The third-order valence-corrected chi connectivity index (χ3v) is 2.55. The van der Waals surface area contributed by atoms with Crippen LogP contribution in [0.5, 0.6) is 0 Å². The van der Waals surface area contributed by atoms with Gasteiger partial charge in [-0.1, -0.05) is 30.3 Å². The maximum Gasteiger partial charge on any atom is 0.0515 e. The lowest BCUT2D eigenvalue weighted by Crippen LogP contribution is -2.26. The van der Waals surface area contributed by atoms with E-state index in [2.05, 4.69) is 35.1 Å². The number of hydrogen-bond acceptors (Lipinski definition) is 3. The van der Waals surface area contributed by atoms with Crippen LogP contribution < -0.4 is 16.6 Å². The molecular weight excluding hydrogens is 198 g/mol. The summed E-state index contributed by atoms with van der Waals surface area (Å²) >= 11 is 0. The van der Waals surface area contributed by atoms with E-state index in [4.69, 9.17) is 5.73 Å². The van der Waals surface area contributed by atoms with Crippen LogP contribution in [0.3, 0.4) is 0 Å². The summed E-state index contributed by atoms with van der Waals surface area (Å²) in [5.41, 5.74) is 13.4. The Hall–Kier alpha value is -0.610. The molecular formula is C10H16ClN3. The van der Waals surface area contributed by atoms with E-state index in [-0.39, 0.29) is 12.4 Å². The number of hydrazine groups is 1. The molecule has 0 spiro atoms. The minimum absolute atomic E-state index is 0. The predicted octanol–water partition coefficient (Wildman–Crippen LogP) is 0.832. The third-order valence-electron chi connectivity index (χ3n) is 2.55. The van der Waals surface area contributed by atoms with Crippen LogP contribution in [0, 0.1) is 5.92 Å². The van der Waals surface area contributed by atoms with Crippen molar-refractivity contribution in [3.63, 3.8) is 0 Å². The Morgan fingerprint density at radius 1 is 1.29 bits per heavy atom. The first-order chi connectivity index (χ1) is 6.42. The lowest BCUT2D eigenvalue weighted by molar-refractivity contribution is 0.483. The molecule has 2 atom stereocenters. The molecule has 1 saturated heterocycles. The van der Waals surface area contributed by atoms with Gasteiger partial charge < -0.3 is 5.73 Å². The Labute approximate surface area is 90.4 Å². The highest BCUT2D eigenvalue weighted by Gasteiger charge is 2.26. The molecule has 4 heteroatoms. The fraction of sp³-hybridized carbons (Fsp3) is 0.400. The summed E-state index contributed by atoms with van der Waals surface area (Å²) in [5, 5.41) is 0. The zero-order valence-electron chi connectivity index (χ0n) is 7.94. The predicted molar refractivity (Wildman–Crippen MR) is 60.1 cm³/mol. The van der Waals surface area contributed by atoms with E-state index in [0.29, 0.717) is 12.0 Å². The van der Waals surface area contributed by atoms with Crippen molar-refractivity contribution < 1.29 is 0 Å². The molecule has 1 aromatic carbocycles. The van der Waals surface area contributed by atoms with E-state index in [1.165, 1.54) is 5.56 Å². The van der Waals surface area contributed by atoms with E-state index in [9.17, 15) is 0 Å². The highest BCUT2D eigenvalue weighted by atomic mass is 35.5. The molecule has 0 bridgehead atoms. The minimum Gasteiger partial charge on any atom is -0.330 e. The number of rotatable bonds is 2. The van der Waals surface area contributed by atoms with E-state index < -0.39 is 0 Å². The second-order valence-corrected chi connectivity index (χ2v) is 3.41. The molecule has 1 heterocycles. The molecule has 78 valence electrons. The average molecular weight is 214 g/mol. The second kappa shape index (κ2) is 5.32. The minimum atomic E-state index is 0. The molecule has 1 aliphatic heterocycles. The van der Waals surface area contributed by atoms with Crippen LogP contribution in [0.1, 0.15) is 11.6 Å². The third kappa shape index (κ3) is 2.25. The topological polar surface area (TPSA) is 50.1 Å². The van der Waals surface area contributed by atoms with Gasteiger partial charge in [0.1, 0.15) is 0 Å². The lowest BCUT2D eigenvalue weighted by atomic mass is 9.95. The molecule has 2 rings (SSSR count). The average Bonchev–Trinajstić information content (AvgIpc) is 2.67. The summed E-state index contributed by atoms with van der Waals surface area (Å²) in [5.74, 6) is 0.502. The van der Waals surface area contributed by atoms with E-state index in [1.54, 1.807) is 0 Å². The quantitative estimate of drug-likeness (QED) is 0.682. The monoisotopic (exact) mass is 213 g/mol.